The zero-order valence-corrected chi connectivity index (χ0v) is 22.0. The molecule has 0 bridgehead atoms. The van der Waals surface area contributed by atoms with Crippen molar-refractivity contribution in [2.45, 2.75) is 0 Å². The van der Waals surface area contributed by atoms with Crippen LogP contribution in [0.2, 0.25) is 0 Å². The van der Waals surface area contributed by atoms with Gasteiger partial charge in [-0.05, 0) is 52.8 Å². The minimum absolute atomic E-state index is 0.631. The number of benzene rings is 5. The van der Waals surface area contributed by atoms with E-state index in [1.54, 1.807) is 6.20 Å². The summed E-state index contributed by atoms with van der Waals surface area (Å²) in [6, 6.07) is 49.0. The van der Waals surface area contributed by atoms with Gasteiger partial charge in [0.1, 0.15) is 5.69 Å². The fourth-order valence-corrected chi connectivity index (χ4v) is 7.62. The smallest absolute Gasteiger partial charge is 0.179 e. The molecule has 0 N–H and O–H groups in total. The third-order valence-electron chi connectivity index (χ3n) is 6.91. The fraction of sp³-hybridized carbons (Fsp3) is 0. The lowest BCUT2D eigenvalue weighted by Gasteiger charge is -2.24. The number of hydrogen-bond acceptors (Lipinski definition) is 3. The first kappa shape index (κ1) is 23.4. The van der Waals surface area contributed by atoms with Gasteiger partial charge in [0.05, 0.1) is 11.2 Å². The Balaban J connectivity index is 1.60. The first-order valence-corrected chi connectivity index (χ1v) is 14.3. The van der Waals surface area contributed by atoms with E-state index in [9.17, 15) is 0 Å². The lowest BCUT2D eigenvalue weighted by molar-refractivity contribution is 1.18. The first-order chi connectivity index (χ1) is 19.4. The summed E-state index contributed by atoms with van der Waals surface area (Å²) in [5.74, 6) is 0.631. The summed E-state index contributed by atoms with van der Waals surface area (Å²) in [4.78, 5) is 14.8. The maximum absolute atomic E-state index is 5.26. The van der Waals surface area contributed by atoms with E-state index >= 15 is 0 Å². The van der Waals surface area contributed by atoms with Gasteiger partial charge < -0.3 is 0 Å². The van der Waals surface area contributed by atoms with E-state index < -0.39 is 7.92 Å². The predicted octanol–water partition coefficient (Wildman–Crippen LogP) is 7.27. The molecule has 2 heterocycles. The summed E-state index contributed by atoms with van der Waals surface area (Å²) < 4.78 is 0. The average molecular weight is 518 g/mol. The SMILES string of the molecule is c1ccc(P(c2ccccc2)c2ccc3ccccc3c2-c2nc(-c3ccccn3)nc3ccccc23)cc1. The van der Waals surface area contributed by atoms with Crippen molar-refractivity contribution in [1.82, 2.24) is 15.0 Å². The maximum atomic E-state index is 5.26. The molecule has 7 rings (SSSR count). The van der Waals surface area contributed by atoms with Gasteiger partial charge in [0.25, 0.3) is 0 Å². The minimum atomic E-state index is -0.859. The second kappa shape index (κ2) is 10.2. The van der Waals surface area contributed by atoms with E-state index in [2.05, 4.69) is 120 Å². The van der Waals surface area contributed by atoms with Crippen LogP contribution in [0.1, 0.15) is 0 Å². The Morgan fingerprint density at radius 3 is 1.85 bits per heavy atom. The van der Waals surface area contributed by atoms with Crippen molar-refractivity contribution in [3.8, 4) is 22.8 Å². The summed E-state index contributed by atoms with van der Waals surface area (Å²) in [5, 5.41) is 7.29. The number of aromatic nitrogens is 3. The Bertz CT molecular complexity index is 1870. The summed E-state index contributed by atoms with van der Waals surface area (Å²) in [5.41, 5.74) is 3.76. The van der Waals surface area contributed by atoms with Crippen molar-refractivity contribution in [1.29, 1.82) is 0 Å². The van der Waals surface area contributed by atoms with Gasteiger partial charge in [0.2, 0.25) is 0 Å². The molecule has 0 aliphatic carbocycles. The molecule has 0 atom stereocenters. The van der Waals surface area contributed by atoms with Gasteiger partial charge in [-0.3, -0.25) is 4.98 Å². The van der Waals surface area contributed by atoms with E-state index in [0.29, 0.717) is 5.82 Å². The van der Waals surface area contributed by atoms with E-state index in [0.717, 1.165) is 27.9 Å². The molecular weight excluding hydrogens is 493 g/mol. The Labute approximate surface area is 228 Å². The van der Waals surface area contributed by atoms with E-state index in [1.807, 2.05) is 24.3 Å². The van der Waals surface area contributed by atoms with Crippen molar-refractivity contribution in [2.24, 2.45) is 0 Å². The fourth-order valence-electron chi connectivity index (χ4n) is 5.15. The first-order valence-electron chi connectivity index (χ1n) is 13.0. The molecular formula is C35H24N3P. The van der Waals surface area contributed by atoms with Crippen molar-refractivity contribution >= 4 is 45.5 Å². The zero-order valence-electron chi connectivity index (χ0n) is 21.1. The van der Waals surface area contributed by atoms with Gasteiger partial charge in [0, 0.05) is 17.1 Å². The molecule has 0 fully saturated rings. The van der Waals surface area contributed by atoms with Gasteiger partial charge in [-0.15, -0.1) is 0 Å². The standard InChI is InChI=1S/C35H24N3P/c1-3-14-26(15-4-1)39(27-16-5-2-6-17-27)32-23-22-25-13-7-8-18-28(25)33(32)34-29-19-9-10-20-30(29)37-35(38-34)31-21-11-12-24-36-31/h1-24H. The number of hydrogen-bond donors (Lipinski definition) is 0. The van der Waals surface area contributed by atoms with Crippen molar-refractivity contribution < 1.29 is 0 Å². The molecule has 0 unspecified atom stereocenters. The highest BCUT2D eigenvalue weighted by Gasteiger charge is 2.24. The lowest BCUT2D eigenvalue weighted by atomic mass is 9.99. The van der Waals surface area contributed by atoms with Gasteiger partial charge in [-0.2, -0.15) is 0 Å². The molecule has 7 aromatic rings. The molecule has 184 valence electrons. The normalized spacial score (nSPS) is 11.3. The second-order valence-corrected chi connectivity index (χ2v) is 11.5. The molecule has 0 aliphatic heterocycles. The number of fused-ring (bicyclic) bond motifs is 2. The van der Waals surface area contributed by atoms with Crippen LogP contribution in [0.25, 0.3) is 44.5 Å². The number of rotatable bonds is 5. The molecule has 3 nitrogen and oxygen atoms in total. The van der Waals surface area contributed by atoms with Gasteiger partial charge in [-0.25, -0.2) is 9.97 Å². The second-order valence-electron chi connectivity index (χ2n) is 9.32. The largest absolute Gasteiger partial charge is 0.253 e. The zero-order chi connectivity index (χ0) is 26.0. The van der Waals surface area contributed by atoms with Gasteiger partial charge >= 0.3 is 0 Å². The quantitative estimate of drug-likeness (QED) is 0.225. The van der Waals surface area contributed by atoms with Gasteiger partial charge in [0.15, 0.2) is 5.82 Å². The molecule has 5 aromatic carbocycles. The van der Waals surface area contributed by atoms with Crippen molar-refractivity contribution in [3.63, 3.8) is 0 Å². The summed E-state index contributed by atoms with van der Waals surface area (Å²) in [6.07, 6.45) is 1.79. The Kier molecular flexibility index (Phi) is 6.13. The van der Waals surface area contributed by atoms with Crippen LogP contribution >= 0.6 is 7.92 Å². The van der Waals surface area contributed by atoms with Crippen LogP contribution in [-0.4, -0.2) is 15.0 Å². The highest BCUT2D eigenvalue weighted by molar-refractivity contribution is 7.80. The van der Waals surface area contributed by atoms with Crippen molar-refractivity contribution in [3.05, 3.63) is 146 Å². The van der Waals surface area contributed by atoms with Gasteiger partial charge in [-0.1, -0.05) is 121 Å². The Hall–Kier alpha value is -4.72. The average Bonchev–Trinajstić information content (AvgIpc) is 3.02. The minimum Gasteiger partial charge on any atom is -0.253 e. The molecule has 0 saturated carbocycles. The Morgan fingerprint density at radius 1 is 0.487 bits per heavy atom. The molecule has 0 spiro atoms. The van der Waals surface area contributed by atoms with Crippen LogP contribution in [0, 0.1) is 0 Å². The highest BCUT2D eigenvalue weighted by Crippen LogP contribution is 2.41. The van der Waals surface area contributed by atoms with Crippen LogP contribution < -0.4 is 15.9 Å². The van der Waals surface area contributed by atoms with E-state index in [-0.39, 0.29) is 0 Å². The van der Waals surface area contributed by atoms with Crippen LogP contribution in [0.3, 0.4) is 0 Å². The molecule has 2 aromatic heterocycles. The molecule has 4 heteroatoms. The van der Waals surface area contributed by atoms with Crippen LogP contribution in [-0.2, 0) is 0 Å². The molecule has 0 saturated heterocycles. The third-order valence-corrected chi connectivity index (χ3v) is 9.39. The summed E-state index contributed by atoms with van der Waals surface area (Å²) >= 11 is 0. The van der Waals surface area contributed by atoms with Crippen LogP contribution in [0.15, 0.2) is 146 Å². The summed E-state index contributed by atoms with van der Waals surface area (Å²) in [6.45, 7) is 0. The Morgan fingerprint density at radius 2 is 1.13 bits per heavy atom. The highest BCUT2D eigenvalue weighted by atomic mass is 31.1. The molecule has 0 amide bonds. The molecule has 0 radical (unpaired) electrons. The summed E-state index contributed by atoms with van der Waals surface area (Å²) in [7, 11) is -0.859. The van der Waals surface area contributed by atoms with Crippen LogP contribution in [0.4, 0.5) is 0 Å². The third kappa shape index (κ3) is 4.37. The van der Waals surface area contributed by atoms with E-state index in [4.69, 9.17) is 9.97 Å². The number of para-hydroxylation sites is 1. The topological polar surface area (TPSA) is 38.7 Å². The predicted molar refractivity (Wildman–Crippen MR) is 164 cm³/mol. The number of nitrogens with zero attached hydrogens (tertiary/aromatic N) is 3. The van der Waals surface area contributed by atoms with Crippen molar-refractivity contribution in [2.75, 3.05) is 0 Å². The molecule has 0 aliphatic rings. The monoisotopic (exact) mass is 517 g/mol. The van der Waals surface area contributed by atoms with E-state index in [1.165, 1.54) is 26.7 Å². The molecule has 39 heavy (non-hydrogen) atoms. The number of pyridine rings is 1. The van der Waals surface area contributed by atoms with Crippen LogP contribution in [0.5, 0.6) is 0 Å². The maximum Gasteiger partial charge on any atom is 0.179 e. The lowest BCUT2D eigenvalue weighted by Crippen LogP contribution is -2.22.